The Bertz CT molecular complexity index is 386. The topological polar surface area (TPSA) is 80.4 Å². The van der Waals surface area contributed by atoms with Gasteiger partial charge in [0.1, 0.15) is 5.82 Å². The lowest BCUT2D eigenvalue weighted by atomic mass is 10.1. The number of anilines is 2. The summed E-state index contributed by atoms with van der Waals surface area (Å²) in [5.74, 6) is 1.49. The molecular weight excluding hydrogens is 230 g/mol. The zero-order valence-electron chi connectivity index (χ0n) is 11.5. The number of aromatic nitrogens is 1. The van der Waals surface area contributed by atoms with Gasteiger partial charge in [-0.1, -0.05) is 13.8 Å². The molecule has 0 aliphatic heterocycles. The van der Waals surface area contributed by atoms with Gasteiger partial charge in [0.25, 0.3) is 0 Å². The normalized spacial score (nSPS) is 11.7. The van der Waals surface area contributed by atoms with Gasteiger partial charge in [-0.3, -0.25) is 0 Å². The SMILES string of the molecule is CC(C)COc1nc(NCC(C)(C)O)ccc1N. The maximum atomic E-state index is 9.63. The first-order valence-electron chi connectivity index (χ1n) is 6.13. The van der Waals surface area contributed by atoms with Gasteiger partial charge in [0.2, 0.25) is 5.88 Å². The fourth-order valence-electron chi connectivity index (χ4n) is 1.22. The van der Waals surface area contributed by atoms with Crippen molar-refractivity contribution in [1.82, 2.24) is 4.98 Å². The smallest absolute Gasteiger partial charge is 0.239 e. The zero-order valence-corrected chi connectivity index (χ0v) is 11.5. The van der Waals surface area contributed by atoms with Gasteiger partial charge >= 0.3 is 0 Å². The molecule has 0 spiro atoms. The lowest BCUT2D eigenvalue weighted by Gasteiger charge is -2.18. The molecule has 0 atom stereocenters. The first-order chi connectivity index (χ1) is 8.28. The molecule has 0 amide bonds. The fraction of sp³-hybridized carbons (Fsp3) is 0.615. The van der Waals surface area contributed by atoms with Gasteiger partial charge in [0.05, 0.1) is 17.9 Å². The molecule has 102 valence electrons. The van der Waals surface area contributed by atoms with Gasteiger partial charge in [0.15, 0.2) is 0 Å². The molecule has 5 nitrogen and oxygen atoms in total. The summed E-state index contributed by atoms with van der Waals surface area (Å²) in [7, 11) is 0. The Kier molecular flexibility index (Phi) is 4.78. The molecule has 0 saturated heterocycles. The Hall–Kier alpha value is -1.49. The van der Waals surface area contributed by atoms with E-state index in [2.05, 4.69) is 24.1 Å². The third-order valence-corrected chi connectivity index (χ3v) is 2.15. The number of rotatable bonds is 6. The van der Waals surface area contributed by atoms with E-state index >= 15 is 0 Å². The second-order valence-corrected chi connectivity index (χ2v) is 5.46. The van der Waals surface area contributed by atoms with Crippen molar-refractivity contribution in [2.75, 3.05) is 24.2 Å². The molecule has 0 bridgehead atoms. The minimum Gasteiger partial charge on any atom is -0.476 e. The third kappa shape index (κ3) is 5.23. The van der Waals surface area contributed by atoms with E-state index in [9.17, 15) is 5.11 Å². The van der Waals surface area contributed by atoms with E-state index < -0.39 is 5.60 Å². The Morgan fingerprint density at radius 3 is 2.67 bits per heavy atom. The summed E-state index contributed by atoms with van der Waals surface area (Å²) in [6.07, 6.45) is 0. The highest BCUT2D eigenvalue weighted by atomic mass is 16.5. The van der Waals surface area contributed by atoms with E-state index in [4.69, 9.17) is 10.5 Å². The van der Waals surface area contributed by atoms with Gasteiger partial charge < -0.3 is 20.9 Å². The molecular formula is C13H23N3O2. The summed E-state index contributed by atoms with van der Waals surface area (Å²) in [6, 6.07) is 3.51. The Morgan fingerprint density at radius 1 is 1.44 bits per heavy atom. The average molecular weight is 253 g/mol. The molecule has 0 aliphatic carbocycles. The van der Waals surface area contributed by atoms with Gasteiger partial charge in [-0.05, 0) is 31.9 Å². The maximum absolute atomic E-state index is 9.63. The van der Waals surface area contributed by atoms with Crippen LogP contribution in [0.3, 0.4) is 0 Å². The lowest BCUT2D eigenvalue weighted by Crippen LogP contribution is -2.29. The van der Waals surface area contributed by atoms with E-state index in [1.165, 1.54) is 0 Å². The molecule has 0 radical (unpaired) electrons. The zero-order chi connectivity index (χ0) is 13.8. The minimum atomic E-state index is -0.790. The molecule has 5 heteroatoms. The van der Waals surface area contributed by atoms with Crippen molar-refractivity contribution >= 4 is 11.5 Å². The third-order valence-electron chi connectivity index (χ3n) is 2.15. The molecule has 0 unspecified atom stereocenters. The van der Waals surface area contributed by atoms with Crippen LogP contribution in [-0.2, 0) is 0 Å². The average Bonchev–Trinajstić information content (AvgIpc) is 2.25. The Morgan fingerprint density at radius 2 is 2.11 bits per heavy atom. The predicted molar refractivity (Wildman–Crippen MR) is 73.8 cm³/mol. The molecule has 1 heterocycles. The predicted octanol–water partition coefficient (Wildman–Crippen LogP) is 1.88. The van der Waals surface area contributed by atoms with Crippen LogP contribution in [-0.4, -0.2) is 28.8 Å². The van der Waals surface area contributed by atoms with E-state index in [1.807, 2.05) is 0 Å². The molecule has 1 rings (SSSR count). The molecule has 0 aliphatic rings. The summed E-state index contributed by atoms with van der Waals surface area (Å²) in [5, 5.41) is 12.7. The van der Waals surface area contributed by atoms with Crippen molar-refractivity contribution in [3.8, 4) is 5.88 Å². The Balaban J connectivity index is 2.68. The number of pyridine rings is 1. The van der Waals surface area contributed by atoms with Crippen molar-refractivity contribution < 1.29 is 9.84 Å². The molecule has 0 fully saturated rings. The monoisotopic (exact) mass is 253 g/mol. The van der Waals surface area contributed by atoms with Crippen LogP contribution in [0.1, 0.15) is 27.7 Å². The summed E-state index contributed by atoms with van der Waals surface area (Å²) in [5.41, 5.74) is 5.52. The van der Waals surface area contributed by atoms with Crippen molar-refractivity contribution in [2.24, 2.45) is 5.92 Å². The molecule has 18 heavy (non-hydrogen) atoms. The first-order valence-corrected chi connectivity index (χ1v) is 6.13. The molecule has 1 aromatic heterocycles. The second-order valence-electron chi connectivity index (χ2n) is 5.46. The van der Waals surface area contributed by atoms with Gasteiger partial charge in [-0.2, -0.15) is 4.98 Å². The number of nitrogens with two attached hydrogens (primary N) is 1. The van der Waals surface area contributed by atoms with Crippen LogP contribution in [0.5, 0.6) is 5.88 Å². The quantitative estimate of drug-likeness (QED) is 0.721. The van der Waals surface area contributed by atoms with Crippen LogP contribution < -0.4 is 15.8 Å². The van der Waals surface area contributed by atoms with E-state index in [-0.39, 0.29) is 0 Å². The fourth-order valence-corrected chi connectivity index (χ4v) is 1.22. The summed E-state index contributed by atoms with van der Waals surface area (Å²) in [6.45, 7) is 8.57. The minimum absolute atomic E-state index is 0.410. The standard InChI is InChI=1S/C13H23N3O2/c1-9(2)7-18-12-10(14)5-6-11(16-12)15-8-13(3,4)17/h5-6,9,17H,7-8,14H2,1-4H3,(H,15,16). The van der Waals surface area contributed by atoms with Crippen molar-refractivity contribution in [3.63, 3.8) is 0 Å². The summed E-state index contributed by atoms with van der Waals surface area (Å²) >= 11 is 0. The number of aliphatic hydroxyl groups is 1. The molecule has 4 N–H and O–H groups in total. The summed E-state index contributed by atoms with van der Waals surface area (Å²) in [4.78, 5) is 4.28. The van der Waals surface area contributed by atoms with Crippen molar-refractivity contribution in [2.45, 2.75) is 33.3 Å². The van der Waals surface area contributed by atoms with Crippen LogP contribution in [0, 0.1) is 5.92 Å². The molecule has 1 aromatic rings. The number of hydrogen-bond donors (Lipinski definition) is 3. The summed E-state index contributed by atoms with van der Waals surface area (Å²) < 4.78 is 5.53. The van der Waals surface area contributed by atoms with Crippen molar-refractivity contribution in [1.29, 1.82) is 0 Å². The van der Waals surface area contributed by atoms with Crippen LogP contribution in [0.25, 0.3) is 0 Å². The highest BCUT2D eigenvalue weighted by Gasteiger charge is 2.13. The Labute approximate surface area is 108 Å². The number of nitrogens with one attached hydrogen (secondary N) is 1. The van der Waals surface area contributed by atoms with Gasteiger partial charge in [-0.15, -0.1) is 0 Å². The van der Waals surface area contributed by atoms with Crippen LogP contribution in [0.15, 0.2) is 12.1 Å². The lowest BCUT2D eigenvalue weighted by molar-refractivity contribution is 0.0944. The van der Waals surface area contributed by atoms with E-state index in [0.717, 1.165) is 0 Å². The van der Waals surface area contributed by atoms with Crippen LogP contribution in [0.2, 0.25) is 0 Å². The highest BCUT2D eigenvalue weighted by molar-refractivity contribution is 5.53. The number of ether oxygens (including phenoxy) is 1. The van der Waals surface area contributed by atoms with Crippen molar-refractivity contribution in [3.05, 3.63) is 12.1 Å². The first kappa shape index (κ1) is 14.6. The van der Waals surface area contributed by atoms with E-state index in [1.54, 1.807) is 26.0 Å². The highest BCUT2D eigenvalue weighted by Crippen LogP contribution is 2.21. The number of nitrogens with zero attached hydrogens (tertiary/aromatic N) is 1. The molecule has 0 saturated carbocycles. The largest absolute Gasteiger partial charge is 0.476 e. The van der Waals surface area contributed by atoms with Gasteiger partial charge in [0, 0.05) is 6.54 Å². The van der Waals surface area contributed by atoms with Crippen LogP contribution >= 0.6 is 0 Å². The second kappa shape index (κ2) is 5.91. The van der Waals surface area contributed by atoms with E-state index in [0.29, 0.717) is 36.5 Å². The van der Waals surface area contributed by atoms with Gasteiger partial charge in [-0.25, -0.2) is 0 Å². The maximum Gasteiger partial charge on any atom is 0.239 e. The number of hydrogen-bond acceptors (Lipinski definition) is 5. The molecule has 0 aromatic carbocycles. The number of nitrogen functional groups attached to an aromatic ring is 1. The van der Waals surface area contributed by atoms with Crippen LogP contribution in [0.4, 0.5) is 11.5 Å².